The lowest BCUT2D eigenvalue weighted by Gasteiger charge is -2.28. The van der Waals surface area contributed by atoms with Gasteiger partial charge in [-0.1, -0.05) is 0 Å². The van der Waals surface area contributed by atoms with Gasteiger partial charge in [-0.05, 0) is 32.1 Å². The molecule has 0 bridgehead atoms. The highest BCUT2D eigenvalue weighted by atomic mass is 16.5. The fraction of sp³-hybridized carbons (Fsp3) is 0.250. The van der Waals surface area contributed by atoms with Crippen LogP contribution in [0, 0.1) is 0 Å². The van der Waals surface area contributed by atoms with Crippen molar-refractivity contribution in [2.75, 3.05) is 14.2 Å². The molecule has 0 spiro atoms. The van der Waals surface area contributed by atoms with Crippen LogP contribution in [0.4, 0.5) is 0 Å². The molecule has 0 fully saturated rings. The van der Waals surface area contributed by atoms with Gasteiger partial charge in [0, 0.05) is 12.1 Å². The van der Waals surface area contributed by atoms with Crippen molar-refractivity contribution in [1.82, 2.24) is 0 Å². The van der Waals surface area contributed by atoms with Gasteiger partial charge in [-0.2, -0.15) is 0 Å². The molecule has 4 rings (SSSR count). The molecule has 2 heterocycles. The van der Waals surface area contributed by atoms with Crippen molar-refractivity contribution in [1.29, 1.82) is 0 Å². The maximum atomic E-state index is 13.0. The van der Waals surface area contributed by atoms with E-state index in [0.29, 0.717) is 33.8 Å². The minimum absolute atomic E-state index is 0.108. The summed E-state index contributed by atoms with van der Waals surface area (Å²) in [5.74, 6) is 1.17. The molecule has 0 amide bonds. The maximum Gasteiger partial charge on any atom is 0.204 e. The van der Waals surface area contributed by atoms with Gasteiger partial charge in [0.2, 0.25) is 5.43 Å². The number of rotatable bonds is 2. The zero-order valence-corrected chi connectivity index (χ0v) is 14.9. The molecule has 3 aromatic rings. The fourth-order valence-electron chi connectivity index (χ4n) is 3.16. The molecule has 1 aliphatic rings. The summed E-state index contributed by atoms with van der Waals surface area (Å²) < 4.78 is 22.3. The predicted octanol–water partition coefficient (Wildman–Crippen LogP) is 3.85. The number of methoxy groups -OCH3 is 2. The lowest BCUT2D eigenvalue weighted by molar-refractivity contribution is 0.158. The summed E-state index contributed by atoms with van der Waals surface area (Å²) in [5.41, 5.74) is 0.188. The number of benzene rings is 2. The van der Waals surface area contributed by atoms with Gasteiger partial charge in [0.05, 0.1) is 25.2 Å². The molecule has 0 unspecified atom stereocenters. The summed E-state index contributed by atoms with van der Waals surface area (Å²) in [5, 5.41) is 11.1. The van der Waals surface area contributed by atoms with E-state index in [4.69, 9.17) is 18.6 Å². The Morgan fingerprint density at radius 3 is 2.42 bits per heavy atom. The van der Waals surface area contributed by atoms with Crippen LogP contribution < -0.4 is 19.6 Å². The summed E-state index contributed by atoms with van der Waals surface area (Å²) in [6, 6.07) is 4.77. The Kier molecular flexibility index (Phi) is 3.41. The molecule has 6 nitrogen and oxygen atoms in total. The van der Waals surface area contributed by atoms with Gasteiger partial charge in [0.15, 0.2) is 11.5 Å². The predicted molar refractivity (Wildman–Crippen MR) is 98.5 cm³/mol. The van der Waals surface area contributed by atoms with Crippen molar-refractivity contribution >= 4 is 28.0 Å². The van der Waals surface area contributed by atoms with Crippen LogP contribution in [0.15, 0.2) is 33.5 Å². The summed E-state index contributed by atoms with van der Waals surface area (Å²) in [7, 11) is 3.00. The molecule has 0 aliphatic carbocycles. The first-order valence-corrected chi connectivity index (χ1v) is 8.11. The molecular formula is C20H18O6. The Morgan fingerprint density at radius 1 is 1.04 bits per heavy atom. The highest BCUT2D eigenvalue weighted by Crippen LogP contribution is 2.42. The quantitative estimate of drug-likeness (QED) is 0.704. The van der Waals surface area contributed by atoms with E-state index in [9.17, 15) is 9.90 Å². The standard InChI is InChI=1S/C20H18O6/c1-20(2)6-5-10-13(26-20)9-16-17(18(10)21)19(22)11-7-14(23-3)15(24-4)8-12(11)25-16/h5-9,21H,1-4H3. The SMILES string of the molecule is COc1cc2oc3cc4c(c(O)c3c(=O)c2cc1OC)C=CC(C)(C)O4. The van der Waals surface area contributed by atoms with Gasteiger partial charge >= 0.3 is 0 Å². The second-order valence-electron chi connectivity index (χ2n) is 6.68. The van der Waals surface area contributed by atoms with E-state index in [0.717, 1.165) is 0 Å². The topological polar surface area (TPSA) is 78.1 Å². The highest BCUT2D eigenvalue weighted by Gasteiger charge is 2.26. The summed E-state index contributed by atoms with van der Waals surface area (Å²) in [4.78, 5) is 13.0. The van der Waals surface area contributed by atoms with Crippen LogP contribution in [0.1, 0.15) is 19.4 Å². The Bertz CT molecular complexity index is 1140. The van der Waals surface area contributed by atoms with Gasteiger partial charge in [0.25, 0.3) is 0 Å². The number of phenols is 1. The van der Waals surface area contributed by atoms with Gasteiger partial charge in [-0.25, -0.2) is 0 Å². The Morgan fingerprint density at radius 2 is 1.73 bits per heavy atom. The van der Waals surface area contributed by atoms with Crippen molar-refractivity contribution in [3.63, 3.8) is 0 Å². The van der Waals surface area contributed by atoms with E-state index in [-0.39, 0.29) is 22.1 Å². The fourth-order valence-corrected chi connectivity index (χ4v) is 3.16. The van der Waals surface area contributed by atoms with Crippen LogP contribution in [-0.4, -0.2) is 24.9 Å². The third-order valence-electron chi connectivity index (χ3n) is 4.47. The van der Waals surface area contributed by atoms with Crippen LogP contribution >= 0.6 is 0 Å². The van der Waals surface area contributed by atoms with E-state index in [1.54, 1.807) is 24.3 Å². The Labute approximate surface area is 149 Å². The van der Waals surface area contributed by atoms with Crippen molar-refractivity contribution in [3.05, 3.63) is 40.1 Å². The van der Waals surface area contributed by atoms with E-state index in [1.807, 2.05) is 19.9 Å². The molecule has 0 saturated carbocycles. The molecule has 2 aromatic carbocycles. The third-order valence-corrected chi connectivity index (χ3v) is 4.47. The minimum atomic E-state index is -0.513. The zero-order valence-electron chi connectivity index (χ0n) is 14.9. The summed E-state index contributed by atoms with van der Waals surface area (Å²) >= 11 is 0. The Balaban J connectivity index is 2.10. The zero-order chi connectivity index (χ0) is 18.6. The number of phenolic OH excluding ortho intramolecular Hbond substituents is 1. The van der Waals surface area contributed by atoms with Crippen molar-refractivity contribution < 1.29 is 23.7 Å². The van der Waals surface area contributed by atoms with Gasteiger partial charge in [-0.15, -0.1) is 0 Å². The van der Waals surface area contributed by atoms with Crippen molar-refractivity contribution in [3.8, 4) is 23.0 Å². The normalized spacial score (nSPS) is 14.9. The maximum absolute atomic E-state index is 13.0. The minimum Gasteiger partial charge on any atom is -0.506 e. The molecule has 134 valence electrons. The lowest BCUT2D eigenvalue weighted by Crippen LogP contribution is -2.27. The summed E-state index contributed by atoms with van der Waals surface area (Å²) in [6.45, 7) is 3.81. The average Bonchev–Trinajstić information content (AvgIpc) is 2.59. The van der Waals surface area contributed by atoms with Crippen LogP contribution in [0.3, 0.4) is 0 Å². The average molecular weight is 354 g/mol. The lowest BCUT2D eigenvalue weighted by atomic mass is 9.99. The van der Waals surface area contributed by atoms with E-state index in [2.05, 4.69) is 0 Å². The van der Waals surface area contributed by atoms with Crippen LogP contribution in [-0.2, 0) is 0 Å². The number of hydrogen-bond acceptors (Lipinski definition) is 6. The van der Waals surface area contributed by atoms with Gasteiger partial charge < -0.3 is 23.7 Å². The molecule has 1 N–H and O–H groups in total. The largest absolute Gasteiger partial charge is 0.506 e. The highest BCUT2D eigenvalue weighted by molar-refractivity contribution is 5.97. The van der Waals surface area contributed by atoms with Crippen LogP contribution in [0.5, 0.6) is 23.0 Å². The van der Waals surface area contributed by atoms with Crippen LogP contribution in [0.25, 0.3) is 28.0 Å². The van der Waals surface area contributed by atoms with E-state index >= 15 is 0 Å². The molecule has 26 heavy (non-hydrogen) atoms. The van der Waals surface area contributed by atoms with Gasteiger partial charge in [-0.3, -0.25) is 4.79 Å². The van der Waals surface area contributed by atoms with Crippen molar-refractivity contribution in [2.45, 2.75) is 19.4 Å². The monoisotopic (exact) mass is 354 g/mol. The van der Waals surface area contributed by atoms with Gasteiger partial charge in [0.1, 0.15) is 33.7 Å². The molecular weight excluding hydrogens is 336 g/mol. The van der Waals surface area contributed by atoms with Crippen molar-refractivity contribution in [2.24, 2.45) is 0 Å². The van der Waals surface area contributed by atoms with E-state index < -0.39 is 5.60 Å². The number of fused-ring (bicyclic) bond motifs is 3. The van der Waals surface area contributed by atoms with E-state index in [1.165, 1.54) is 14.2 Å². The first-order chi connectivity index (χ1) is 12.3. The molecule has 1 aromatic heterocycles. The molecule has 6 heteroatoms. The molecule has 0 saturated heterocycles. The second-order valence-corrected chi connectivity index (χ2v) is 6.68. The molecule has 0 atom stereocenters. The summed E-state index contributed by atoms with van der Waals surface area (Å²) in [6.07, 6.45) is 3.59. The molecule has 1 aliphatic heterocycles. The first-order valence-electron chi connectivity index (χ1n) is 8.11. The number of aromatic hydroxyl groups is 1. The number of hydrogen-bond donors (Lipinski definition) is 1. The first kappa shape index (κ1) is 16.3. The third kappa shape index (κ3) is 2.29. The Hall–Kier alpha value is -3.15. The number of ether oxygens (including phenoxy) is 3. The smallest absolute Gasteiger partial charge is 0.204 e. The molecule has 0 radical (unpaired) electrons. The van der Waals surface area contributed by atoms with Crippen LogP contribution in [0.2, 0.25) is 0 Å². The second kappa shape index (κ2) is 5.42.